The molecule has 0 atom stereocenters. The summed E-state index contributed by atoms with van der Waals surface area (Å²) in [5, 5.41) is 1.68. The van der Waals surface area contributed by atoms with Crippen LogP contribution < -0.4 is 10.5 Å². The Hall–Kier alpha value is -2.34. The van der Waals surface area contributed by atoms with Crippen LogP contribution in [0.25, 0.3) is 11.0 Å². The maximum Gasteiger partial charge on any atom is 0.252 e. The second kappa shape index (κ2) is 5.21. The fraction of sp³-hybridized carbons (Fsp3) is 0.200. The average molecular weight is 302 g/mol. The van der Waals surface area contributed by atoms with E-state index in [9.17, 15) is 4.79 Å². The third kappa shape index (κ3) is 2.62. The third-order valence-corrected chi connectivity index (χ3v) is 4.02. The number of aromatic nitrogens is 1. The predicted octanol–water partition coefficient (Wildman–Crippen LogP) is 3.18. The Labute approximate surface area is 125 Å². The third-order valence-electron chi connectivity index (χ3n) is 3.13. The molecule has 0 aliphatic rings. The zero-order valence-electron chi connectivity index (χ0n) is 11.7. The normalized spacial score (nSPS) is 11.0. The molecule has 0 bridgehead atoms. The maximum absolute atomic E-state index is 11.5. The number of hydrogen-bond donors (Lipinski definition) is 1. The molecule has 0 aliphatic carbocycles. The summed E-state index contributed by atoms with van der Waals surface area (Å²) >= 11 is 1.59. The van der Waals surface area contributed by atoms with Gasteiger partial charge in [-0.2, -0.15) is 0 Å². The number of fused-ring (bicyclic) bond motifs is 1. The van der Waals surface area contributed by atoms with E-state index in [1.807, 2.05) is 13.0 Å². The first-order valence-electron chi connectivity index (χ1n) is 6.41. The lowest BCUT2D eigenvalue weighted by Gasteiger charge is -2.04. The molecule has 2 N–H and O–H groups in total. The van der Waals surface area contributed by atoms with Crippen molar-refractivity contribution >= 4 is 28.2 Å². The van der Waals surface area contributed by atoms with E-state index in [4.69, 9.17) is 14.9 Å². The largest absolute Gasteiger partial charge is 0.488 e. The van der Waals surface area contributed by atoms with Crippen molar-refractivity contribution < 1.29 is 13.9 Å². The van der Waals surface area contributed by atoms with Gasteiger partial charge >= 0.3 is 0 Å². The van der Waals surface area contributed by atoms with E-state index in [1.54, 1.807) is 36.6 Å². The molecule has 2 heterocycles. The molecule has 5 nitrogen and oxygen atoms in total. The van der Waals surface area contributed by atoms with E-state index < -0.39 is 5.91 Å². The molecule has 0 unspecified atom stereocenters. The zero-order valence-corrected chi connectivity index (χ0v) is 12.5. The lowest BCUT2D eigenvalue weighted by Crippen LogP contribution is -2.11. The predicted molar refractivity (Wildman–Crippen MR) is 80.7 cm³/mol. The number of carbonyl (C=O) groups excluding carboxylic acids is 1. The van der Waals surface area contributed by atoms with Gasteiger partial charge in [-0.05, 0) is 32.0 Å². The molecule has 1 amide bonds. The number of ether oxygens (including phenoxy) is 1. The maximum atomic E-state index is 11.5. The van der Waals surface area contributed by atoms with Crippen LogP contribution in [0.4, 0.5) is 0 Å². The van der Waals surface area contributed by atoms with E-state index >= 15 is 0 Å². The lowest BCUT2D eigenvalue weighted by molar-refractivity contribution is 0.1000. The van der Waals surface area contributed by atoms with Crippen molar-refractivity contribution in [3.63, 3.8) is 0 Å². The second-order valence-electron chi connectivity index (χ2n) is 4.69. The standard InChI is InChI=1S/C15H14N2O3S/c1-8-14(15(16)18)12-5-10(3-4-13(12)20-8)19-7-11-6-17-9(2)21-11/h3-6H,7H2,1-2H3,(H2,16,18). The average Bonchev–Trinajstić information content (AvgIpc) is 2.98. The van der Waals surface area contributed by atoms with Gasteiger partial charge in [0.2, 0.25) is 0 Å². The molecular weight excluding hydrogens is 288 g/mol. The number of rotatable bonds is 4. The Morgan fingerprint density at radius 1 is 1.43 bits per heavy atom. The van der Waals surface area contributed by atoms with Gasteiger partial charge in [-0.25, -0.2) is 4.98 Å². The van der Waals surface area contributed by atoms with Crippen molar-refractivity contribution in [1.82, 2.24) is 4.98 Å². The summed E-state index contributed by atoms with van der Waals surface area (Å²) in [6, 6.07) is 5.37. The summed E-state index contributed by atoms with van der Waals surface area (Å²) in [6.45, 7) is 4.12. The number of carbonyl (C=O) groups is 1. The van der Waals surface area contributed by atoms with Crippen molar-refractivity contribution in [3.8, 4) is 5.75 Å². The number of hydrogen-bond acceptors (Lipinski definition) is 5. The lowest BCUT2D eigenvalue weighted by atomic mass is 10.1. The van der Waals surface area contributed by atoms with Crippen molar-refractivity contribution in [1.29, 1.82) is 0 Å². The molecule has 0 saturated carbocycles. The van der Waals surface area contributed by atoms with Crippen LogP contribution in [0.5, 0.6) is 5.75 Å². The molecule has 0 fully saturated rings. The minimum absolute atomic E-state index is 0.407. The topological polar surface area (TPSA) is 78.3 Å². The Balaban J connectivity index is 1.89. The van der Waals surface area contributed by atoms with Gasteiger partial charge in [-0.3, -0.25) is 4.79 Å². The smallest absolute Gasteiger partial charge is 0.252 e. The van der Waals surface area contributed by atoms with Crippen LogP contribution in [-0.4, -0.2) is 10.9 Å². The first-order valence-corrected chi connectivity index (χ1v) is 7.23. The van der Waals surface area contributed by atoms with Crippen molar-refractivity contribution in [3.05, 3.63) is 45.6 Å². The second-order valence-corrected chi connectivity index (χ2v) is 6.01. The Morgan fingerprint density at radius 3 is 2.90 bits per heavy atom. The Bertz CT molecular complexity index is 820. The molecule has 3 aromatic rings. The summed E-state index contributed by atoms with van der Waals surface area (Å²) in [4.78, 5) is 16.7. The number of primary amides is 1. The molecular formula is C15H14N2O3S. The van der Waals surface area contributed by atoms with Crippen molar-refractivity contribution in [2.45, 2.75) is 20.5 Å². The number of nitrogens with zero attached hydrogens (tertiary/aromatic N) is 1. The van der Waals surface area contributed by atoms with E-state index in [0.717, 1.165) is 9.88 Å². The van der Waals surface area contributed by atoms with E-state index in [0.29, 0.717) is 34.6 Å². The van der Waals surface area contributed by atoms with Gasteiger partial charge in [-0.15, -0.1) is 11.3 Å². The number of benzene rings is 1. The van der Waals surface area contributed by atoms with Crippen LogP contribution in [0.1, 0.15) is 26.0 Å². The Kier molecular flexibility index (Phi) is 3.39. The van der Waals surface area contributed by atoms with Crippen LogP contribution in [-0.2, 0) is 6.61 Å². The van der Waals surface area contributed by atoms with Gasteiger partial charge < -0.3 is 14.9 Å². The molecule has 6 heteroatoms. The number of nitrogens with two attached hydrogens (primary N) is 1. The fourth-order valence-corrected chi connectivity index (χ4v) is 2.93. The van der Waals surface area contributed by atoms with E-state index in [-0.39, 0.29) is 0 Å². The number of thiazole rings is 1. The molecule has 0 saturated heterocycles. The summed E-state index contributed by atoms with van der Waals surface area (Å²) < 4.78 is 11.3. The minimum atomic E-state index is -0.499. The first-order chi connectivity index (χ1) is 10.0. The van der Waals surface area contributed by atoms with Crippen molar-refractivity contribution in [2.75, 3.05) is 0 Å². The number of amides is 1. The molecule has 0 spiro atoms. The van der Waals surface area contributed by atoms with Crippen LogP contribution in [0.2, 0.25) is 0 Å². The Morgan fingerprint density at radius 2 is 2.24 bits per heavy atom. The molecule has 0 radical (unpaired) electrons. The quantitative estimate of drug-likeness (QED) is 0.802. The highest BCUT2D eigenvalue weighted by atomic mass is 32.1. The summed E-state index contributed by atoms with van der Waals surface area (Å²) in [5.41, 5.74) is 6.43. The number of aryl methyl sites for hydroxylation is 2. The van der Waals surface area contributed by atoms with Crippen molar-refractivity contribution in [2.24, 2.45) is 5.73 Å². The highest BCUT2D eigenvalue weighted by Gasteiger charge is 2.16. The molecule has 0 aliphatic heterocycles. The van der Waals surface area contributed by atoms with Crippen LogP contribution in [0, 0.1) is 13.8 Å². The van der Waals surface area contributed by atoms with Gasteiger partial charge in [0.1, 0.15) is 23.7 Å². The minimum Gasteiger partial charge on any atom is -0.488 e. The molecule has 3 rings (SSSR count). The summed E-state index contributed by atoms with van der Waals surface area (Å²) in [7, 11) is 0. The van der Waals surface area contributed by atoms with Gasteiger partial charge in [0, 0.05) is 11.6 Å². The van der Waals surface area contributed by atoms with Gasteiger partial charge in [-0.1, -0.05) is 0 Å². The van der Waals surface area contributed by atoms with Crippen LogP contribution in [0.3, 0.4) is 0 Å². The zero-order chi connectivity index (χ0) is 15.0. The van der Waals surface area contributed by atoms with E-state index in [1.165, 1.54) is 0 Å². The monoisotopic (exact) mass is 302 g/mol. The molecule has 2 aromatic heterocycles. The summed E-state index contributed by atoms with van der Waals surface area (Å²) in [6.07, 6.45) is 1.80. The molecule has 21 heavy (non-hydrogen) atoms. The number of furan rings is 1. The highest BCUT2D eigenvalue weighted by Crippen LogP contribution is 2.29. The molecule has 1 aromatic carbocycles. The van der Waals surface area contributed by atoms with Crippen LogP contribution in [0.15, 0.2) is 28.8 Å². The highest BCUT2D eigenvalue weighted by molar-refractivity contribution is 7.11. The van der Waals surface area contributed by atoms with Gasteiger partial charge in [0.15, 0.2) is 0 Å². The van der Waals surface area contributed by atoms with Gasteiger partial charge in [0.05, 0.1) is 15.4 Å². The summed E-state index contributed by atoms with van der Waals surface area (Å²) in [5.74, 6) is 0.686. The van der Waals surface area contributed by atoms with E-state index in [2.05, 4.69) is 4.98 Å². The fourth-order valence-electron chi connectivity index (χ4n) is 2.22. The molecule has 108 valence electrons. The SMILES string of the molecule is Cc1ncc(COc2ccc3oc(C)c(C(N)=O)c3c2)s1. The van der Waals surface area contributed by atoms with Gasteiger partial charge in [0.25, 0.3) is 5.91 Å². The van der Waals surface area contributed by atoms with Crippen LogP contribution >= 0.6 is 11.3 Å². The first kappa shape index (κ1) is 13.6.